The third kappa shape index (κ3) is 11.5. The van der Waals surface area contributed by atoms with Crippen LogP contribution in [0.2, 0.25) is 19.8 Å². The molecule has 0 spiro atoms. The molecule has 2 unspecified atom stereocenters. The average molecular weight is 656 g/mol. The summed E-state index contributed by atoms with van der Waals surface area (Å²) in [6.45, 7) is 16.8. The van der Waals surface area contributed by atoms with E-state index in [4.69, 9.17) is 7.56 Å². The van der Waals surface area contributed by atoms with Gasteiger partial charge in [-0.15, -0.1) is 0 Å². The standard InChI is InChI=1S/2C10H20O2.4CH3.O.2Sn/c2*1-5-10(4,9(11)12)7-6-8(2)3;;;;;;;/h2*8H,5-7H2,1-4H3,(H,11,12);4*1H3;;;/q;;;;;;;2*+1/p-2. The van der Waals surface area contributed by atoms with E-state index in [1.54, 1.807) is 0 Å². The van der Waals surface area contributed by atoms with Gasteiger partial charge < -0.3 is 0 Å². The molecule has 0 aromatic rings. The quantitative estimate of drug-likeness (QED) is 0.185. The Morgan fingerprint density at radius 3 is 1.23 bits per heavy atom. The van der Waals surface area contributed by atoms with Gasteiger partial charge >= 0.3 is 204 Å². The Bertz CT molecular complexity index is 539. The summed E-state index contributed by atoms with van der Waals surface area (Å²) in [6.07, 6.45) is 5.09. The zero-order chi connectivity index (χ0) is 24.7. The van der Waals surface area contributed by atoms with Crippen molar-refractivity contribution in [1.29, 1.82) is 0 Å². The SMILES string of the molecule is CCC(C)(CCC(C)C)C(=O)[O][Sn]([CH3])([CH3])[O][Sn]([CH3])([CH3])[O]C(=O)C(C)(CC)CCC(C)C. The van der Waals surface area contributed by atoms with E-state index < -0.39 is 49.2 Å². The average Bonchev–Trinajstić information content (AvgIpc) is 2.61. The molecule has 0 heterocycles. The second kappa shape index (κ2) is 12.8. The van der Waals surface area contributed by atoms with Gasteiger partial charge in [0.05, 0.1) is 0 Å². The van der Waals surface area contributed by atoms with E-state index in [-0.39, 0.29) is 11.9 Å². The number of carbonyl (C=O) groups excluding carboxylic acids is 2. The van der Waals surface area contributed by atoms with Crippen LogP contribution in [0.1, 0.15) is 93.9 Å². The minimum absolute atomic E-state index is 0.153. The van der Waals surface area contributed by atoms with E-state index in [9.17, 15) is 9.59 Å². The molecule has 5 nitrogen and oxygen atoms in total. The third-order valence-corrected chi connectivity index (χ3v) is 31.8. The van der Waals surface area contributed by atoms with Crippen LogP contribution < -0.4 is 0 Å². The summed E-state index contributed by atoms with van der Waals surface area (Å²) < 4.78 is 18.5. The van der Waals surface area contributed by atoms with Crippen molar-refractivity contribution in [2.75, 3.05) is 0 Å². The zero-order valence-corrected chi connectivity index (χ0v) is 28.1. The van der Waals surface area contributed by atoms with Crippen molar-refractivity contribution in [2.24, 2.45) is 22.7 Å². The van der Waals surface area contributed by atoms with Gasteiger partial charge in [0.1, 0.15) is 0 Å². The Morgan fingerprint density at radius 2 is 1.00 bits per heavy atom. The number of hydrogen-bond acceptors (Lipinski definition) is 5. The molecule has 0 saturated carbocycles. The summed E-state index contributed by atoms with van der Waals surface area (Å²) in [5.74, 6) is 0.787. The van der Waals surface area contributed by atoms with Gasteiger partial charge in [0.15, 0.2) is 0 Å². The second-order valence-electron chi connectivity index (χ2n) is 11.4. The van der Waals surface area contributed by atoms with Gasteiger partial charge in [0, 0.05) is 0 Å². The number of carbonyl (C=O) groups is 2. The Kier molecular flexibility index (Phi) is 13.0. The van der Waals surface area contributed by atoms with E-state index in [1.165, 1.54) is 0 Å². The van der Waals surface area contributed by atoms with Crippen molar-refractivity contribution in [1.82, 2.24) is 0 Å². The van der Waals surface area contributed by atoms with Crippen LogP contribution in [0, 0.1) is 22.7 Å². The fraction of sp³-hybridized carbons (Fsp3) is 0.917. The van der Waals surface area contributed by atoms with Crippen molar-refractivity contribution >= 4 is 50.3 Å². The normalized spacial score (nSPS) is 16.7. The van der Waals surface area contributed by atoms with Gasteiger partial charge in [0.25, 0.3) is 0 Å². The summed E-state index contributed by atoms with van der Waals surface area (Å²) in [5, 5.41) is 0. The Balaban J connectivity index is 5.20. The van der Waals surface area contributed by atoms with E-state index in [0.717, 1.165) is 38.5 Å². The van der Waals surface area contributed by atoms with Gasteiger partial charge in [-0.05, 0) is 0 Å². The monoisotopic (exact) mass is 658 g/mol. The second-order valence-corrected chi connectivity index (χ2v) is 33.0. The number of hydrogen-bond donors (Lipinski definition) is 0. The fourth-order valence-corrected chi connectivity index (χ4v) is 35.2. The first-order valence-electron chi connectivity index (χ1n) is 12.1. The van der Waals surface area contributed by atoms with Crippen molar-refractivity contribution in [3.8, 4) is 0 Å². The van der Waals surface area contributed by atoms with Gasteiger partial charge in [-0.1, -0.05) is 0 Å². The minimum atomic E-state index is -3.64. The molecule has 0 aliphatic rings. The Labute approximate surface area is 202 Å². The molecule has 0 bridgehead atoms. The van der Waals surface area contributed by atoms with Crippen molar-refractivity contribution in [2.45, 2.75) is 114 Å². The summed E-state index contributed by atoms with van der Waals surface area (Å²) in [7, 11) is 0. The topological polar surface area (TPSA) is 61.8 Å². The summed E-state index contributed by atoms with van der Waals surface area (Å²) in [4.78, 5) is 33.9. The maximum atomic E-state index is 13.1. The first-order chi connectivity index (χ1) is 13.9. The molecule has 0 aliphatic carbocycles. The summed E-state index contributed by atoms with van der Waals surface area (Å²) in [5.41, 5.74) is -0.981. The van der Waals surface area contributed by atoms with E-state index >= 15 is 0 Å². The predicted molar refractivity (Wildman–Crippen MR) is 133 cm³/mol. The van der Waals surface area contributed by atoms with Crippen LogP contribution in [0.15, 0.2) is 0 Å². The van der Waals surface area contributed by atoms with Gasteiger partial charge in [-0.3, -0.25) is 0 Å². The fourth-order valence-electron chi connectivity index (χ4n) is 3.39. The van der Waals surface area contributed by atoms with Crippen LogP contribution in [-0.2, 0) is 17.1 Å². The Hall–Kier alpha value is 0.497. The van der Waals surface area contributed by atoms with E-state index in [2.05, 4.69) is 27.7 Å². The first kappa shape index (κ1) is 31.5. The van der Waals surface area contributed by atoms with Crippen LogP contribution in [0.5, 0.6) is 0 Å². The molecule has 0 amide bonds. The molecule has 0 aromatic carbocycles. The summed E-state index contributed by atoms with van der Waals surface area (Å²) in [6, 6.07) is 0. The van der Waals surface area contributed by atoms with Gasteiger partial charge in [0.2, 0.25) is 0 Å². The van der Waals surface area contributed by atoms with Crippen LogP contribution in [0.25, 0.3) is 0 Å². The van der Waals surface area contributed by atoms with Crippen molar-refractivity contribution in [3.05, 3.63) is 0 Å². The van der Waals surface area contributed by atoms with Crippen LogP contribution in [-0.4, -0.2) is 50.3 Å². The molecular weight excluding hydrogens is 606 g/mol. The molecule has 0 fully saturated rings. The van der Waals surface area contributed by atoms with Crippen LogP contribution in [0.3, 0.4) is 0 Å². The zero-order valence-electron chi connectivity index (χ0n) is 22.4. The molecule has 184 valence electrons. The molecule has 0 saturated heterocycles. The van der Waals surface area contributed by atoms with Crippen LogP contribution in [0.4, 0.5) is 0 Å². The molecule has 7 heteroatoms. The van der Waals surface area contributed by atoms with E-state index in [0.29, 0.717) is 11.8 Å². The predicted octanol–water partition coefficient (Wildman–Crippen LogP) is 7.20. The molecular formula is C24H50O5Sn2. The molecule has 31 heavy (non-hydrogen) atoms. The Morgan fingerprint density at radius 1 is 0.710 bits per heavy atom. The molecule has 0 aromatic heterocycles. The molecule has 0 radical (unpaired) electrons. The first-order valence-corrected chi connectivity index (χ1v) is 28.2. The maximum absolute atomic E-state index is 13.1. The van der Waals surface area contributed by atoms with Gasteiger partial charge in [-0.25, -0.2) is 0 Å². The molecule has 0 N–H and O–H groups in total. The van der Waals surface area contributed by atoms with Crippen LogP contribution >= 0.6 is 0 Å². The van der Waals surface area contributed by atoms with Crippen molar-refractivity contribution in [3.63, 3.8) is 0 Å². The van der Waals surface area contributed by atoms with Gasteiger partial charge in [-0.2, -0.15) is 0 Å². The third-order valence-electron chi connectivity index (χ3n) is 6.26. The van der Waals surface area contributed by atoms with E-state index in [1.807, 2.05) is 47.5 Å². The van der Waals surface area contributed by atoms with Crippen molar-refractivity contribution < 1.29 is 17.1 Å². The molecule has 0 rings (SSSR count). The summed E-state index contributed by atoms with van der Waals surface area (Å²) >= 11 is -7.28. The molecule has 0 aliphatic heterocycles. The molecule has 2 atom stereocenters. The number of rotatable bonds is 14.